The fourth-order valence-corrected chi connectivity index (χ4v) is 3.77. The molecule has 86 valence electrons. The lowest BCUT2D eigenvalue weighted by molar-refractivity contribution is 0.222. The molecule has 0 radical (unpaired) electrons. The molecular weight excluding hydrogens is 186 g/mol. The SMILES string of the molecule is CN(C)C(CC(C)(C)C)C[Si](C)(C)C. The van der Waals surface area contributed by atoms with Gasteiger partial charge >= 0.3 is 0 Å². The number of hydrogen-bond donors (Lipinski definition) is 0. The molecule has 0 aliphatic carbocycles. The average molecular weight is 215 g/mol. The van der Waals surface area contributed by atoms with Crippen molar-refractivity contribution < 1.29 is 0 Å². The second kappa shape index (κ2) is 4.80. The van der Waals surface area contributed by atoms with Crippen LogP contribution in [-0.2, 0) is 0 Å². The van der Waals surface area contributed by atoms with Crippen molar-refractivity contribution in [2.24, 2.45) is 5.41 Å². The largest absolute Gasteiger partial charge is 0.307 e. The van der Waals surface area contributed by atoms with E-state index in [1.807, 2.05) is 0 Å². The zero-order chi connectivity index (χ0) is 11.6. The van der Waals surface area contributed by atoms with Crippen LogP contribution in [0.25, 0.3) is 0 Å². The quantitative estimate of drug-likeness (QED) is 0.647. The van der Waals surface area contributed by atoms with Gasteiger partial charge in [0.15, 0.2) is 0 Å². The minimum atomic E-state index is -0.925. The number of nitrogens with zero attached hydrogens (tertiary/aromatic N) is 1. The van der Waals surface area contributed by atoms with Crippen molar-refractivity contribution in [1.29, 1.82) is 0 Å². The zero-order valence-electron chi connectivity index (χ0n) is 11.4. The van der Waals surface area contributed by atoms with E-state index in [0.29, 0.717) is 5.41 Å². The highest BCUT2D eigenvalue weighted by Gasteiger charge is 2.25. The predicted molar refractivity (Wildman–Crippen MR) is 69.7 cm³/mol. The molecule has 0 aliphatic rings. The Kier molecular flexibility index (Phi) is 4.86. The fourth-order valence-electron chi connectivity index (χ4n) is 1.85. The van der Waals surface area contributed by atoms with Gasteiger partial charge in [0.1, 0.15) is 0 Å². The maximum Gasteiger partial charge on any atom is 0.0458 e. The molecule has 0 rings (SSSR count). The Balaban J connectivity index is 4.32. The summed E-state index contributed by atoms with van der Waals surface area (Å²) in [4.78, 5) is 2.41. The van der Waals surface area contributed by atoms with Crippen LogP contribution in [0.2, 0.25) is 25.7 Å². The summed E-state index contributed by atoms with van der Waals surface area (Å²) >= 11 is 0. The van der Waals surface area contributed by atoms with Crippen LogP contribution in [0, 0.1) is 5.41 Å². The van der Waals surface area contributed by atoms with E-state index in [9.17, 15) is 0 Å². The first-order chi connectivity index (χ1) is 6.01. The summed E-state index contributed by atoms with van der Waals surface area (Å²) in [5.41, 5.74) is 0.453. The first-order valence-electron chi connectivity index (χ1n) is 5.68. The van der Waals surface area contributed by atoms with Gasteiger partial charge in [-0.25, -0.2) is 0 Å². The summed E-state index contributed by atoms with van der Waals surface area (Å²) in [5, 5.41) is 0. The Bertz CT molecular complexity index is 146. The Labute approximate surface area is 91.9 Å². The third-order valence-electron chi connectivity index (χ3n) is 2.43. The van der Waals surface area contributed by atoms with E-state index >= 15 is 0 Å². The minimum absolute atomic E-state index is 0.453. The lowest BCUT2D eigenvalue weighted by atomic mass is 9.88. The van der Waals surface area contributed by atoms with Crippen LogP contribution in [0.1, 0.15) is 27.2 Å². The van der Waals surface area contributed by atoms with Crippen LogP contribution in [0.3, 0.4) is 0 Å². The number of hydrogen-bond acceptors (Lipinski definition) is 1. The van der Waals surface area contributed by atoms with Crippen molar-refractivity contribution in [3.8, 4) is 0 Å². The van der Waals surface area contributed by atoms with Gasteiger partial charge in [0.05, 0.1) is 0 Å². The summed E-state index contributed by atoms with van der Waals surface area (Å²) in [6.45, 7) is 14.4. The van der Waals surface area contributed by atoms with E-state index in [2.05, 4.69) is 59.4 Å². The van der Waals surface area contributed by atoms with Crippen LogP contribution in [0.15, 0.2) is 0 Å². The number of rotatable bonds is 4. The van der Waals surface area contributed by atoms with Crippen LogP contribution in [-0.4, -0.2) is 33.1 Å². The molecule has 0 aromatic carbocycles. The Hall–Kier alpha value is 0.177. The highest BCUT2D eigenvalue weighted by molar-refractivity contribution is 6.76. The highest BCUT2D eigenvalue weighted by Crippen LogP contribution is 2.27. The molecule has 14 heavy (non-hydrogen) atoms. The van der Waals surface area contributed by atoms with E-state index in [0.717, 1.165) is 6.04 Å². The van der Waals surface area contributed by atoms with Gasteiger partial charge in [-0.15, -0.1) is 0 Å². The molecular formula is C12H29NSi. The molecule has 0 heterocycles. The maximum absolute atomic E-state index is 2.46. The topological polar surface area (TPSA) is 3.24 Å². The van der Waals surface area contributed by atoms with E-state index in [1.165, 1.54) is 12.5 Å². The van der Waals surface area contributed by atoms with Gasteiger partial charge in [0, 0.05) is 14.1 Å². The lowest BCUT2D eigenvalue weighted by Gasteiger charge is -2.34. The summed E-state index contributed by atoms with van der Waals surface area (Å²) < 4.78 is 0. The Morgan fingerprint density at radius 2 is 1.50 bits per heavy atom. The van der Waals surface area contributed by atoms with E-state index in [4.69, 9.17) is 0 Å². The molecule has 0 amide bonds. The molecule has 0 spiro atoms. The van der Waals surface area contributed by atoms with Gasteiger partial charge in [-0.05, 0) is 32.0 Å². The van der Waals surface area contributed by atoms with Crippen LogP contribution in [0.4, 0.5) is 0 Å². The van der Waals surface area contributed by atoms with Crippen molar-refractivity contribution in [2.75, 3.05) is 14.1 Å². The van der Waals surface area contributed by atoms with Crippen molar-refractivity contribution in [3.63, 3.8) is 0 Å². The molecule has 1 atom stereocenters. The molecule has 1 unspecified atom stereocenters. The molecule has 0 aromatic heterocycles. The molecule has 0 saturated heterocycles. The molecule has 0 fully saturated rings. The summed E-state index contributed by atoms with van der Waals surface area (Å²) in [5.74, 6) is 0. The van der Waals surface area contributed by atoms with E-state index in [1.54, 1.807) is 0 Å². The van der Waals surface area contributed by atoms with Crippen LogP contribution >= 0.6 is 0 Å². The smallest absolute Gasteiger partial charge is 0.0458 e. The van der Waals surface area contributed by atoms with Gasteiger partial charge in [-0.1, -0.05) is 40.4 Å². The van der Waals surface area contributed by atoms with Gasteiger partial charge in [0.25, 0.3) is 0 Å². The van der Waals surface area contributed by atoms with Gasteiger partial charge in [0.2, 0.25) is 0 Å². The van der Waals surface area contributed by atoms with Gasteiger partial charge in [-0.3, -0.25) is 0 Å². The highest BCUT2D eigenvalue weighted by atomic mass is 28.3. The van der Waals surface area contributed by atoms with Gasteiger partial charge in [-0.2, -0.15) is 0 Å². The normalized spacial score (nSPS) is 16.1. The van der Waals surface area contributed by atoms with Gasteiger partial charge < -0.3 is 4.90 Å². The Morgan fingerprint density at radius 3 is 1.71 bits per heavy atom. The Morgan fingerprint density at radius 1 is 1.07 bits per heavy atom. The third-order valence-corrected chi connectivity index (χ3v) is 4.12. The van der Waals surface area contributed by atoms with Crippen molar-refractivity contribution in [3.05, 3.63) is 0 Å². The molecule has 2 heteroatoms. The summed E-state index contributed by atoms with van der Waals surface area (Å²) in [6, 6.07) is 2.18. The second-order valence-corrected chi connectivity index (χ2v) is 12.7. The molecule has 1 nitrogen and oxygen atoms in total. The lowest BCUT2D eigenvalue weighted by Crippen LogP contribution is -2.38. The van der Waals surface area contributed by atoms with E-state index in [-0.39, 0.29) is 0 Å². The fraction of sp³-hybridized carbons (Fsp3) is 1.00. The minimum Gasteiger partial charge on any atom is -0.307 e. The van der Waals surface area contributed by atoms with Crippen molar-refractivity contribution in [2.45, 2.75) is 58.9 Å². The molecule has 0 aromatic rings. The summed E-state index contributed by atoms with van der Waals surface area (Å²) in [6.07, 6.45) is 1.31. The first-order valence-corrected chi connectivity index (χ1v) is 9.38. The monoisotopic (exact) mass is 215 g/mol. The molecule has 0 aliphatic heterocycles. The second-order valence-electron chi connectivity index (χ2n) is 7.15. The molecule has 0 N–H and O–H groups in total. The standard InChI is InChI=1S/C12H29NSi/c1-12(2,3)9-11(13(4)5)10-14(6,7)8/h11H,9-10H2,1-8H3. The average Bonchev–Trinajstić information content (AvgIpc) is 1.78. The van der Waals surface area contributed by atoms with Crippen molar-refractivity contribution in [1.82, 2.24) is 4.90 Å². The first kappa shape index (κ1) is 14.2. The molecule has 0 saturated carbocycles. The van der Waals surface area contributed by atoms with Crippen LogP contribution in [0.5, 0.6) is 0 Å². The van der Waals surface area contributed by atoms with Crippen LogP contribution < -0.4 is 0 Å². The third kappa shape index (κ3) is 7.57. The maximum atomic E-state index is 2.46. The summed E-state index contributed by atoms with van der Waals surface area (Å²) in [7, 11) is 3.51. The zero-order valence-corrected chi connectivity index (χ0v) is 12.4. The molecule has 0 bridgehead atoms. The van der Waals surface area contributed by atoms with E-state index < -0.39 is 8.07 Å². The predicted octanol–water partition coefficient (Wildman–Crippen LogP) is 3.69. The van der Waals surface area contributed by atoms with Crippen molar-refractivity contribution >= 4 is 8.07 Å².